The summed E-state index contributed by atoms with van der Waals surface area (Å²) in [5.41, 5.74) is 3.60. The van der Waals surface area contributed by atoms with E-state index in [1.807, 2.05) is 37.3 Å². The zero-order chi connectivity index (χ0) is 25.2. The summed E-state index contributed by atoms with van der Waals surface area (Å²) >= 11 is 18.1. The molecule has 1 aliphatic heterocycles. The quantitative estimate of drug-likeness (QED) is 0.283. The van der Waals surface area contributed by atoms with Crippen LogP contribution in [0.4, 0.5) is 11.6 Å². The Morgan fingerprint density at radius 3 is 2.50 bits per heavy atom. The number of benzene rings is 3. The molecule has 3 aromatic carbocycles. The molecule has 10 heteroatoms. The zero-order valence-electron chi connectivity index (χ0n) is 19.0. The average molecular weight is 541 g/mol. The highest BCUT2D eigenvalue weighted by atomic mass is 35.5. The van der Waals surface area contributed by atoms with Gasteiger partial charge in [0.15, 0.2) is 0 Å². The molecule has 36 heavy (non-hydrogen) atoms. The minimum Gasteiger partial charge on any atom is -0.489 e. The number of nitrogens with zero attached hydrogens (tertiary/aromatic N) is 3. The van der Waals surface area contributed by atoms with Crippen molar-refractivity contribution in [3.8, 4) is 5.75 Å². The molecule has 1 aliphatic rings. The normalized spacial score (nSPS) is 14.7. The summed E-state index contributed by atoms with van der Waals surface area (Å²) in [7, 11) is 0. The van der Waals surface area contributed by atoms with E-state index in [-0.39, 0.29) is 5.91 Å². The van der Waals surface area contributed by atoms with Gasteiger partial charge in [0.1, 0.15) is 24.7 Å². The maximum atomic E-state index is 13.4. The third kappa shape index (κ3) is 5.04. The number of hydrogen-bond donors (Lipinski definition) is 2. The number of carbonyl (C=O) groups excluding carboxylic acids is 1. The van der Waals surface area contributed by atoms with Crippen molar-refractivity contribution in [2.75, 3.05) is 10.6 Å². The van der Waals surface area contributed by atoms with Crippen LogP contribution in [-0.4, -0.2) is 20.7 Å². The topological polar surface area (TPSA) is 81.1 Å². The predicted octanol–water partition coefficient (Wildman–Crippen LogP) is 6.74. The van der Waals surface area contributed by atoms with Gasteiger partial charge >= 0.3 is 0 Å². The fourth-order valence-corrected chi connectivity index (χ4v) is 4.41. The van der Waals surface area contributed by atoms with E-state index in [0.717, 1.165) is 11.1 Å². The molecule has 7 nitrogen and oxygen atoms in total. The Labute approximate surface area is 222 Å². The fraction of sp³-hybridized carbons (Fsp3) is 0.115. The lowest BCUT2D eigenvalue weighted by molar-refractivity contribution is -0.113. The number of fused-ring (bicyclic) bond motifs is 1. The summed E-state index contributed by atoms with van der Waals surface area (Å²) in [6.45, 7) is 2.18. The Morgan fingerprint density at radius 2 is 1.78 bits per heavy atom. The van der Waals surface area contributed by atoms with E-state index in [4.69, 9.17) is 39.5 Å². The van der Waals surface area contributed by atoms with Gasteiger partial charge in [0.05, 0.1) is 15.6 Å². The van der Waals surface area contributed by atoms with Gasteiger partial charge in [0.25, 0.3) is 5.91 Å². The highest BCUT2D eigenvalue weighted by Gasteiger charge is 2.33. The van der Waals surface area contributed by atoms with Gasteiger partial charge in [-0.05, 0) is 66.6 Å². The van der Waals surface area contributed by atoms with Crippen LogP contribution in [-0.2, 0) is 11.4 Å². The third-order valence-electron chi connectivity index (χ3n) is 5.73. The summed E-state index contributed by atoms with van der Waals surface area (Å²) in [6.07, 6.45) is 1.46. The van der Waals surface area contributed by atoms with Crippen molar-refractivity contribution in [3.63, 3.8) is 0 Å². The van der Waals surface area contributed by atoms with Crippen LogP contribution in [0.3, 0.4) is 0 Å². The molecule has 0 saturated carbocycles. The number of ether oxygens (including phenoxy) is 1. The van der Waals surface area contributed by atoms with E-state index in [1.165, 1.54) is 6.33 Å². The maximum Gasteiger partial charge on any atom is 0.255 e. The maximum absolute atomic E-state index is 13.4. The van der Waals surface area contributed by atoms with Crippen LogP contribution in [0, 0.1) is 0 Å². The predicted molar refractivity (Wildman–Crippen MR) is 142 cm³/mol. The zero-order valence-corrected chi connectivity index (χ0v) is 21.3. The molecule has 4 aromatic rings. The van der Waals surface area contributed by atoms with Crippen molar-refractivity contribution in [2.24, 2.45) is 0 Å². The molecule has 2 N–H and O–H groups in total. The molecule has 0 fully saturated rings. The second-order valence-electron chi connectivity index (χ2n) is 8.16. The number of hydrogen-bond acceptors (Lipinski definition) is 5. The smallest absolute Gasteiger partial charge is 0.255 e. The van der Waals surface area contributed by atoms with Gasteiger partial charge in [-0.3, -0.25) is 4.79 Å². The Bertz CT molecular complexity index is 1450. The van der Waals surface area contributed by atoms with Gasteiger partial charge in [-0.15, -0.1) is 0 Å². The number of halogens is 3. The monoisotopic (exact) mass is 539 g/mol. The Balaban J connectivity index is 1.39. The van der Waals surface area contributed by atoms with Crippen molar-refractivity contribution in [3.05, 3.63) is 111 Å². The lowest BCUT2D eigenvalue weighted by Crippen LogP contribution is -2.31. The molecule has 0 bridgehead atoms. The van der Waals surface area contributed by atoms with E-state index >= 15 is 0 Å². The number of nitrogens with one attached hydrogen (secondary N) is 2. The van der Waals surface area contributed by atoms with Gasteiger partial charge in [-0.1, -0.05) is 53.0 Å². The summed E-state index contributed by atoms with van der Waals surface area (Å²) < 4.78 is 7.61. The molecule has 5 rings (SSSR count). The van der Waals surface area contributed by atoms with Crippen molar-refractivity contribution in [1.82, 2.24) is 14.8 Å². The van der Waals surface area contributed by atoms with E-state index in [1.54, 1.807) is 41.1 Å². The molecule has 0 aliphatic carbocycles. The van der Waals surface area contributed by atoms with Crippen LogP contribution >= 0.6 is 34.8 Å². The molecule has 182 valence electrons. The molecule has 1 atom stereocenters. The van der Waals surface area contributed by atoms with Gasteiger partial charge < -0.3 is 15.4 Å². The van der Waals surface area contributed by atoms with E-state index in [0.29, 0.717) is 50.3 Å². The minimum atomic E-state index is -0.486. The summed E-state index contributed by atoms with van der Waals surface area (Å²) in [5, 5.41) is 12.1. The number of aromatic nitrogens is 3. The molecule has 0 spiro atoms. The largest absolute Gasteiger partial charge is 0.489 e. The Morgan fingerprint density at radius 1 is 1.03 bits per heavy atom. The molecule has 1 amide bonds. The Kier molecular flexibility index (Phi) is 6.87. The first-order valence-electron chi connectivity index (χ1n) is 11.0. The molecule has 1 aromatic heterocycles. The average Bonchev–Trinajstić information content (AvgIpc) is 3.33. The molecule has 0 radical (unpaired) electrons. The fourth-order valence-electron chi connectivity index (χ4n) is 3.97. The summed E-state index contributed by atoms with van der Waals surface area (Å²) in [4.78, 5) is 17.7. The highest BCUT2D eigenvalue weighted by molar-refractivity contribution is 6.42. The second kappa shape index (κ2) is 10.2. The number of allylic oxidation sites excluding steroid dienone is 1. The van der Waals surface area contributed by atoms with Crippen molar-refractivity contribution >= 4 is 52.3 Å². The van der Waals surface area contributed by atoms with E-state index < -0.39 is 6.04 Å². The first-order chi connectivity index (χ1) is 17.4. The minimum absolute atomic E-state index is 0.256. The highest BCUT2D eigenvalue weighted by Crippen LogP contribution is 2.36. The lowest BCUT2D eigenvalue weighted by atomic mass is 9.95. The van der Waals surface area contributed by atoms with Crippen LogP contribution in [0.15, 0.2) is 84.3 Å². The van der Waals surface area contributed by atoms with Crippen molar-refractivity contribution in [2.45, 2.75) is 19.6 Å². The number of rotatable bonds is 6. The third-order valence-corrected chi connectivity index (χ3v) is 6.72. The molecule has 1 unspecified atom stereocenters. The molecule has 2 heterocycles. The summed E-state index contributed by atoms with van der Waals surface area (Å²) in [5.74, 6) is 0.972. The molecule has 0 saturated heterocycles. The number of anilines is 2. The SMILES string of the molecule is CC1=C(C(=O)Nc2ccc(Cl)cc2)C(c2ccc(OCc3ccc(Cl)c(Cl)c3)cc2)n2ncnc2N1. The van der Waals surface area contributed by atoms with Crippen molar-refractivity contribution in [1.29, 1.82) is 0 Å². The summed E-state index contributed by atoms with van der Waals surface area (Å²) in [6, 6.07) is 19.4. The van der Waals surface area contributed by atoms with Crippen LogP contribution < -0.4 is 15.4 Å². The van der Waals surface area contributed by atoms with Crippen molar-refractivity contribution < 1.29 is 9.53 Å². The second-order valence-corrected chi connectivity index (χ2v) is 9.41. The molecular weight excluding hydrogens is 521 g/mol. The van der Waals surface area contributed by atoms with Gasteiger partial charge in [0.2, 0.25) is 5.95 Å². The van der Waals surface area contributed by atoms with Crippen LogP contribution in [0.2, 0.25) is 15.1 Å². The van der Waals surface area contributed by atoms with Crippen LogP contribution in [0.5, 0.6) is 5.75 Å². The van der Waals surface area contributed by atoms with Gasteiger partial charge in [0, 0.05) is 16.4 Å². The van der Waals surface area contributed by atoms with Gasteiger partial charge in [-0.25, -0.2) is 4.68 Å². The molecular formula is C26H20Cl3N5O2. The van der Waals surface area contributed by atoms with E-state index in [9.17, 15) is 4.79 Å². The first kappa shape index (κ1) is 24.2. The number of carbonyl (C=O) groups is 1. The van der Waals surface area contributed by atoms with Gasteiger partial charge in [-0.2, -0.15) is 10.1 Å². The first-order valence-corrected chi connectivity index (χ1v) is 12.1. The Hall–Kier alpha value is -3.52. The van der Waals surface area contributed by atoms with Crippen LogP contribution in [0.1, 0.15) is 24.1 Å². The lowest BCUT2D eigenvalue weighted by Gasteiger charge is -2.28. The van der Waals surface area contributed by atoms with Crippen LogP contribution in [0.25, 0.3) is 0 Å². The standard InChI is InChI=1S/C26H20Cl3N5O2/c1-15-23(25(35)33-19-7-5-18(27)6-8-19)24(34-26(32-15)30-14-31-34)17-3-9-20(10-4-17)36-13-16-2-11-21(28)22(29)12-16/h2-12,14,24H,13H2,1H3,(H,33,35)(H,30,31,32). The number of amides is 1. The van der Waals surface area contributed by atoms with E-state index in [2.05, 4.69) is 20.7 Å².